The van der Waals surface area contributed by atoms with Gasteiger partial charge in [0, 0.05) is 0 Å². The quantitative estimate of drug-likeness (QED) is 0.328. The second kappa shape index (κ2) is 11.8. The number of hydrogen-bond donors (Lipinski definition) is 0. The van der Waals surface area contributed by atoms with Crippen LogP contribution in [-0.4, -0.2) is 25.2 Å². The molecule has 19 heavy (non-hydrogen) atoms. The first-order chi connectivity index (χ1) is 9.06. The predicted octanol–water partition coefficient (Wildman–Crippen LogP) is 3.26. The first kappa shape index (κ1) is 17.7. The first-order valence-corrected chi connectivity index (χ1v) is 6.98. The lowest BCUT2D eigenvalue weighted by Crippen LogP contribution is -2.11. The second-order valence-electron chi connectivity index (χ2n) is 4.91. The summed E-state index contributed by atoms with van der Waals surface area (Å²) in [5, 5.41) is 0. The summed E-state index contributed by atoms with van der Waals surface area (Å²) in [6.45, 7) is 8.66. The van der Waals surface area contributed by atoms with Crippen molar-refractivity contribution in [2.75, 3.05) is 13.2 Å². The molecule has 0 saturated heterocycles. The van der Waals surface area contributed by atoms with Crippen LogP contribution < -0.4 is 0 Å². The number of carbonyl (C=O) groups excluding carboxylic acids is 2. The zero-order chi connectivity index (χ0) is 14.5. The highest BCUT2D eigenvalue weighted by Gasteiger charge is 2.08. The summed E-state index contributed by atoms with van der Waals surface area (Å²) in [5.74, 6) is -0.0563. The van der Waals surface area contributed by atoms with Crippen LogP contribution in [0.25, 0.3) is 0 Å². The van der Waals surface area contributed by atoms with E-state index in [0.717, 1.165) is 25.7 Å². The van der Waals surface area contributed by atoms with E-state index in [9.17, 15) is 9.59 Å². The van der Waals surface area contributed by atoms with E-state index in [4.69, 9.17) is 9.47 Å². The van der Waals surface area contributed by atoms with Gasteiger partial charge in [-0.15, -0.1) is 6.58 Å². The zero-order valence-corrected chi connectivity index (χ0v) is 12.2. The minimum absolute atomic E-state index is 0.0943. The molecule has 4 heteroatoms. The summed E-state index contributed by atoms with van der Waals surface area (Å²) in [4.78, 5) is 22.6. The van der Waals surface area contributed by atoms with Crippen molar-refractivity contribution in [2.45, 2.75) is 52.4 Å². The van der Waals surface area contributed by atoms with E-state index >= 15 is 0 Å². The standard InChI is InChI=1S/C15H26O4/c1-4-5-6-11-18-14(16)9-10-15(17)19-12-7-8-13(2)3/h4,13H,1,5-12H2,2-3H3. The average Bonchev–Trinajstić information content (AvgIpc) is 2.37. The monoisotopic (exact) mass is 270 g/mol. The molecule has 0 aliphatic heterocycles. The van der Waals surface area contributed by atoms with E-state index in [-0.39, 0.29) is 24.8 Å². The number of allylic oxidation sites excluding steroid dienone is 1. The Labute approximate surface area is 116 Å². The van der Waals surface area contributed by atoms with Gasteiger partial charge in [-0.2, -0.15) is 0 Å². The van der Waals surface area contributed by atoms with E-state index in [2.05, 4.69) is 20.4 Å². The van der Waals surface area contributed by atoms with Gasteiger partial charge in [0.15, 0.2) is 0 Å². The van der Waals surface area contributed by atoms with Crippen molar-refractivity contribution in [3.05, 3.63) is 12.7 Å². The summed E-state index contributed by atoms with van der Waals surface area (Å²) in [6.07, 6.45) is 5.48. The maximum Gasteiger partial charge on any atom is 0.306 e. The fourth-order valence-corrected chi connectivity index (χ4v) is 1.44. The van der Waals surface area contributed by atoms with Crippen molar-refractivity contribution in [3.8, 4) is 0 Å². The maximum absolute atomic E-state index is 11.3. The number of esters is 2. The molecule has 0 aromatic heterocycles. The zero-order valence-electron chi connectivity index (χ0n) is 12.2. The van der Waals surface area contributed by atoms with E-state index in [0.29, 0.717) is 19.1 Å². The van der Waals surface area contributed by atoms with Gasteiger partial charge in [-0.3, -0.25) is 9.59 Å². The molecule has 0 spiro atoms. The van der Waals surface area contributed by atoms with E-state index < -0.39 is 0 Å². The molecule has 4 nitrogen and oxygen atoms in total. The molecule has 110 valence electrons. The third-order valence-electron chi connectivity index (χ3n) is 2.54. The number of carbonyl (C=O) groups is 2. The molecule has 0 aliphatic carbocycles. The van der Waals surface area contributed by atoms with Gasteiger partial charge in [-0.1, -0.05) is 19.9 Å². The normalized spacial score (nSPS) is 10.3. The topological polar surface area (TPSA) is 52.6 Å². The van der Waals surface area contributed by atoms with Crippen molar-refractivity contribution in [1.29, 1.82) is 0 Å². The molecule has 0 rings (SSSR count). The molecular formula is C15H26O4. The Hall–Kier alpha value is -1.32. The molecule has 0 aliphatic rings. The lowest BCUT2D eigenvalue weighted by Gasteiger charge is -2.06. The Bertz CT molecular complexity index is 271. The van der Waals surface area contributed by atoms with Crippen LogP contribution in [0.4, 0.5) is 0 Å². The van der Waals surface area contributed by atoms with Crippen LogP contribution in [0, 0.1) is 5.92 Å². The molecule has 0 amide bonds. The second-order valence-corrected chi connectivity index (χ2v) is 4.91. The summed E-state index contributed by atoms with van der Waals surface area (Å²) < 4.78 is 9.98. The highest BCUT2D eigenvalue weighted by atomic mass is 16.5. The molecule has 0 radical (unpaired) electrons. The van der Waals surface area contributed by atoms with Crippen LogP contribution in [0.3, 0.4) is 0 Å². The Morgan fingerprint density at radius 1 is 1.05 bits per heavy atom. The van der Waals surface area contributed by atoms with E-state index in [1.165, 1.54) is 0 Å². The predicted molar refractivity (Wildman–Crippen MR) is 74.7 cm³/mol. The van der Waals surface area contributed by atoms with Gasteiger partial charge in [0.2, 0.25) is 0 Å². The minimum atomic E-state index is -0.344. The van der Waals surface area contributed by atoms with Gasteiger partial charge in [0.05, 0.1) is 26.1 Å². The average molecular weight is 270 g/mol. The molecule has 0 atom stereocenters. The number of unbranched alkanes of at least 4 members (excludes halogenated alkanes) is 1. The Morgan fingerprint density at radius 3 is 2.05 bits per heavy atom. The maximum atomic E-state index is 11.3. The third kappa shape index (κ3) is 12.9. The molecule has 0 aromatic rings. The molecule has 0 N–H and O–H groups in total. The number of rotatable bonds is 11. The fraction of sp³-hybridized carbons (Fsp3) is 0.733. The largest absolute Gasteiger partial charge is 0.466 e. The summed E-state index contributed by atoms with van der Waals surface area (Å²) >= 11 is 0. The van der Waals surface area contributed by atoms with E-state index in [1.54, 1.807) is 6.08 Å². The van der Waals surface area contributed by atoms with Crippen LogP contribution in [0.5, 0.6) is 0 Å². The number of ether oxygens (including phenoxy) is 2. The Morgan fingerprint density at radius 2 is 1.58 bits per heavy atom. The van der Waals surface area contributed by atoms with Gasteiger partial charge in [0.1, 0.15) is 0 Å². The summed E-state index contributed by atoms with van der Waals surface area (Å²) in [5.41, 5.74) is 0. The highest BCUT2D eigenvalue weighted by molar-refractivity contribution is 5.77. The highest BCUT2D eigenvalue weighted by Crippen LogP contribution is 2.04. The number of hydrogen-bond acceptors (Lipinski definition) is 4. The van der Waals surface area contributed by atoms with Crippen molar-refractivity contribution in [2.24, 2.45) is 5.92 Å². The molecule has 0 bridgehead atoms. The molecule has 0 heterocycles. The van der Waals surface area contributed by atoms with Gasteiger partial charge < -0.3 is 9.47 Å². The van der Waals surface area contributed by atoms with Gasteiger partial charge >= 0.3 is 11.9 Å². The van der Waals surface area contributed by atoms with Gasteiger partial charge in [-0.05, 0) is 31.6 Å². The first-order valence-electron chi connectivity index (χ1n) is 6.98. The Balaban J connectivity index is 3.45. The molecule has 0 aromatic carbocycles. The lowest BCUT2D eigenvalue weighted by atomic mass is 10.1. The van der Waals surface area contributed by atoms with E-state index in [1.807, 2.05) is 0 Å². The van der Waals surface area contributed by atoms with Crippen LogP contribution in [0.2, 0.25) is 0 Å². The lowest BCUT2D eigenvalue weighted by molar-refractivity contribution is -0.150. The molecule has 0 saturated carbocycles. The van der Waals surface area contributed by atoms with Crippen LogP contribution in [0.15, 0.2) is 12.7 Å². The van der Waals surface area contributed by atoms with Crippen LogP contribution in [0.1, 0.15) is 52.4 Å². The van der Waals surface area contributed by atoms with Crippen LogP contribution in [-0.2, 0) is 19.1 Å². The SMILES string of the molecule is C=CCCCOC(=O)CCC(=O)OCCCC(C)C. The van der Waals surface area contributed by atoms with Crippen LogP contribution >= 0.6 is 0 Å². The van der Waals surface area contributed by atoms with Gasteiger partial charge in [0.25, 0.3) is 0 Å². The van der Waals surface area contributed by atoms with Crippen molar-refractivity contribution < 1.29 is 19.1 Å². The smallest absolute Gasteiger partial charge is 0.306 e. The summed E-state index contributed by atoms with van der Waals surface area (Å²) in [7, 11) is 0. The minimum Gasteiger partial charge on any atom is -0.466 e. The molecule has 0 fully saturated rings. The molecular weight excluding hydrogens is 244 g/mol. The third-order valence-corrected chi connectivity index (χ3v) is 2.54. The van der Waals surface area contributed by atoms with Crippen molar-refractivity contribution in [1.82, 2.24) is 0 Å². The molecule has 0 unspecified atom stereocenters. The summed E-state index contributed by atoms with van der Waals surface area (Å²) in [6, 6.07) is 0. The fourth-order valence-electron chi connectivity index (χ4n) is 1.44. The van der Waals surface area contributed by atoms with Crippen molar-refractivity contribution >= 4 is 11.9 Å². The van der Waals surface area contributed by atoms with Crippen molar-refractivity contribution in [3.63, 3.8) is 0 Å². The van der Waals surface area contributed by atoms with Gasteiger partial charge in [-0.25, -0.2) is 0 Å². The Kier molecular flexibility index (Phi) is 10.9.